The van der Waals surface area contributed by atoms with Crippen LogP contribution in [0.25, 0.3) is 0 Å². The van der Waals surface area contributed by atoms with Crippen molar-refractivity contribution in [2.75, 3.05) is 19.6 Å². The smallest absolute Gasteiger partial charge is 0.410 e. The van der Waals surface area contributed by atoms with Crippen molar-refractivity contribution in [3.63, 3.8) is 0 Å². The zero-order valence-electron chi connectivity index (χ0n) is 23.0. The number of hydrogen-bond acceptors (Lipinski definition) is 4. The Morgan fingerprint density at radius 3 is 1.89 bits per heavy atom. The molecule has 1 unspecified atom stereocenters. The van der Waals surface area contributed by atoms with Crippen molar-refractivity contribution in [1.82, 2.24) is 9.80 Å². The van der Waals surface area contributed by atoms with E-state index in [0.29, 0.717) is 25.9 Å². The number of rotatable bonds is 17. The summed E-state index contributed by atoms with van der Waals surface area (Å²) >= 11 is 0. The van der Waals surface area contributed by atoms with Gasteiger partial charge in [-0.25, -0.2) is 4.79 Å². The highest BCUT2D eigenvalue weighted by Crippen LogP contribution is 2.21. The lowest BCUT2D eigenvalue weighted by Gasteiger charge is -2.39. The third kappa shape index (κ3) is 15.0. The molecule has 7 heteroatoms. The summed E-state index contributed by atoms with van der Waals surface area (Å²) in [5.41, 5.74) is -0.588. The maximum Gasteiger partial charge on any atom is 0.410 e. The molecule has 0 aromatic rings. The predicted molar refractivity (Wildman–Crippen MR) is 140 cm³/mol. The second-order valence-electron chi connectivity index (χ2n) is 11.1. The van der Waals surface area contributed by atoms with Crippen LogP contribution in [0.3, 0.4) is 0 Å². The molecule has 1 aliphatic rings. The van der Waals surface area contributed by atoms with E-state index >= 15 is 0 Å². The van der Waals surface area contributed by atoms with Crippen molar-refractivity contribution in [2.45, 2.75) is 142 Å². The summed E-state index contributed by atoms with van der Waals surface area (Å²) in [4.78, 5) is 39.9. The molecule has 1 aliphatic heterocycles. The Kier molecular flexibility index (Phi) is 15.7. The third-order valence-corrected chi connectivity index (χ3v) is 6.61. The Balaban J connectivity index is 2.31. The molecule has 0 spiro atoms. The van der Waals surface area contributed by atoms with E-state index in [-0.39, 0.29) is 18.5 Å². The Morgan fingerprint density at radius 1 is 0.886 bits per heavy atom. The molecule has 0 saturated carbocycles. The first kappa shape index (κ1) is 31.2. The maximum absolute atomic E-state index is 12.9. The van der Waals surface area contributed by atoms with Crippen molar-refractivity contribution in [3.05, 3.63) is 0 Å². The van der Waals surface area contributed by atoms with E-state index in [9.17, 15) is 19.5 Å². The van der Waals surface area contributed by atoms with E-state index < -0.39 is 17.7 Å². The summed E-state index contributed by atoms with van der Waals surface area (Å²) in [6.45, 7) is 8.29. The second-order valence-corrected chi connectivity index (χ2v) is 11.1. The highest BCUT2D eigenvalue weighted by molar-refractivity contribution is 5.81. The molecule has 1 heterocycles. The van der Waals surface area contributed by atoms with Crippen LogP contribution >= 0.6 is 0 Å². The van der Waals surface area contributed by atoms with Gasteiger partial charge in [-0.05, 0) is 40.0 Å². The van der Waals surface area contributed by atoms with Gasteiger partial charge >= 0.3 is 12.1 Å². The number of hydrogen-bond donors (Lipinski definition) is 1. The number of aliphatic carboxylic acids is 1. The van der Waals surface area contributed by atoms with Crippen LogP contribution < -0.4 is 0 Å². The Morgan fingerprint density at radius 2 is 1.40 bits per heavy atom. The number of piperidine rings is 1. The van der Waals surface area contributed by atoms with Crippen LogP contribution in [-0.2, 0) is 14.3 Å². The van der Waals surface area contributed by atoms with Crippen LogP contribution in [0, 0.1) is 0 Å². The lowest BCUT2D eigenvalue weighted by atomic mass is 10.0. The molecular formula is C28H52N2O5. The number of carboxylic acids is 1. The van der Waals surface area contributed by atoms with Gasteiger partial charge in [0, 0.05) is 19.5 Å². The summed E-state index contributed by atoms with van der Waals surface area (Å²) in [5, 5.41) is 9.38. The molecule has 2 amide bonds. The topological polar surface area (TPSA) is 87.2 Å². The van der Waals surface area contributed by atoms with Gasteiger partial charge in [-0.15, -0.1) is 0 Å². The average Bonchev–Trinajstić information content (AvgIpc) is 2.79. The molecule has 1 saturated heterocycles. The number of unbranched alkanes of at least 4 members (excludes halogenated alkanes) is 12. The lowest BCUT2D eigenvalue weighted by molar-refractivity contribution is -0.147. The van der Waals surface area contributed by atoms with Crippen LogP contribution in [0.2, 0.25) is 0 Å². The number of carbonyl (C=O) groups is 3. The van der Waals surface area contributed by atoms with Crippen molar-refractivity contribution in [1.29, 1.82) is 0 Å². The highest BCUT2D eigenvalue weighted by Gasteiger charge is 2.33. The standard InChI is InChI=1S/C28H52N2O5/c1-5-6-7-8-9-10-11-12-13-14-15-16-17-20-25(31)30(23-26(32)33)24-19-18-21-29(22-24)27(34)35-28(2,3)4/h24H,5-23H2,1-4H3,(H,32,33). The predicted octanol–water partition coefficient (Wildman–Crippen LogP) is 6.78. The summed E-state index contributed by atoms with van der Waals surface area (Å²) in [6.07, 6.45) is 17.5. The molecule has 0 aromatic carbocycles. The Labute approximate surface area is 213 Å². The van der Waals surface area contributed by atoms with Gasteiger partial charge in [-0.2, -0.15) is 0 Å². The number of carboxylic acid groups (broad SMARTS) is 1. The van der Waals surface area contributed by atoms with Gasteiger partial charge < -0.3 is 19.6 Å². The van der Waals surface area contributed by atoms with Gasteiger partial charge in [0.25, 0.3) is 0 Å². The van der Waals surface area contributed by atoms with E-state index in [1.165, 1.54) is 69.1 Å². The fraction of sp³-hybridized carbons (Fsp3) is 0.893. The quantitative estimate of drug-likeness (QED) is 0.224. The molecule has 1 rings (SSSR count). The fourth-order valence-electron chi connectivity index (χ4n) is 4.71. The molecule has 0 radical (unpaired) electrons. The van der Waals surface area contributed by atoms with E-state index in [0.717, 1.165) is 25.7 Å². The molecular weight excluding hydrogens is 444 g/mol. The van der Waals surface area contributed by atoms with E-state index in [1.54, 1.807) is 4.90 Å². The first-order chi connectivity index (χ1) is 16.6. The Bertz CT molecular complexity index is 617. The number of likely N-dealkylation sites (tertiary alicyclic amines) is 1. The molecule has 1 fully saturated rings. The van der Waals surface area contributed by atoms with E-state index in [1.807, 2.05) is 20.8 Å². The van der Waals surface area contributed by atoms with E-state index in [4.69, 9.17) is 4.74 Å². The molecule has 7 nitrogen and oxygen atoms in total. The zero-order chi connectivity index (χ0) is 26.1. The maximum atomic E-state index is 12.9. The molecule has 204 valence electrons. The van der Waals surface area contributed by atoms with Gasteiger partial charge in [-0.3, -0.25) is 9.59 Å². The van der Waals surface area contributed by atoms with Crippen molar-refractivity contribution >= 4 is 18.0 Å². The van der Waals surface area contributed by atoms with Gasteiger partial charge in [0.15, 0.2) is 0 Å². The largest absolute Gasteiger partial charge is 0.480 e. The van der Waals surface area contributed by atoms with Crippen molar-refractivity contribution < 1.29 is 24.2 Å². The molecule has 0 aliphatic carbocycles. The summed E-state index contributed by atoms with van der Waals surface area (Å²) in [6, 6.07) is -0.276. The molecule has 35 heavy (non-hydrogen) atoms. The van der Waals surface area contributed by atoms with Gasteiger partial charge in [0.2, 0.25) is 5.91 Å². The van der Waals surface area contributed by atoms with Gasteiger partial charge in [-0.1, -0.05) is 84.0 Å². The highest BCUT2D eigenvalue weighted by atomic mass is 16.6. The third-order valence-electron chi connectivity index (χ3n) is 6.61. The van der Waals surface area contributed by atoms with Crippen molar-refractivity contribution in [2.24, 2.45) is 0 Å². The van der Waals surface area contributed by atoms with Crippen LogP contribution in [0.15, 0.2) is 0 Å². The normalized spacial score (nSPS) is 16.2. The molecule has 0 aromatic heterocycles. The number of amides is 2. The van der Waals surface area contributed by atoms with Gasteiger partial charge in [0.05, 0.1) is 6.04 Å². The monoisotopic (exact) mass is 496 g/mol. The first-order valence-corrected chi connectivity index (χ1v) is 14.1. The van der Waals surface area contributed by atoms with E-state index in [2.05, 4.69) is 6.92 Å². The molecule has 0 bridgehead atoms. The lowest BCUT2D eigenvalue weighted by Crippen LogP contribution is -2.53. The number of nitrogens with zero attached hydrogens (tertiary/aromatic N) is 2. The minimum Gasteiger partial charge on any atom is -0.480 e. The van der Waals surface area contributed by atoms with Crippen LogP contribution in [0.5, 0.6) is 0 Å². The minimum absolute atomic E-state index is 0.119. The average molecular weight is 497 g/mol. The second kappa shape index (κ2) is 17.6. The van der Waals surface area contributed by atoms with Crippen LogP contribution in [0.1, 0.15) is 130 Å². The van der Waals surface area contributed by atoms with Crippen LogP contribution in [-0.4, -0.2) is 64.2 Å². The summed E-state index contributed by atoms with van der Waals surface area (Å²) < 4.78 is 5.47. The summed E-state index contributed by atoms with van der Waals surface area (Å²) in [7, 11) is 0. The number of carbonyl (C=O) groups excluding carboxylic acids is 2. The molecule has 1 N–H and O–H groups in total. The first-order valence-electron chi connectivity index (χ1n) is 14.1. The summed E-state index contributed by atoms with van der Waals surface area (Å²) in [5.74, 6) is -1.13. The SMILES string of the molecule is CCCCCCCCCCCCCCCC(=O)N(CC(=O)O)C1CCCN(C(=O)OC(C)(C)C)C1. The molecule has 1 atom stereocenters. The zero-order valence-corrected chi connectivity index (χ0v) is 23.0. The van der Waals surface area contributed by atoms with Crippen LogP contribution in [0.4, 0.5) is 4.79 Å². The number of ether oxygens (including phenoxy) is 1. The van der Waals surface area contributed by atoms with Crippen molar-refractivity contribution in [3.8, 4) is 0 Å². The fourth-order valence-corrected chi connectivity index (χ4v) is 4.71. The Hall–Kier alpha value is -1.79. The minimum atomic E-state index is -1.02. The van der Waals surface area contributed by atoms with Gasteiger partial charge in [0.1, 0.15) is 12.1 Å².